The normalized spacial score (nSPS) is 15.4. The van der Waals surface area contributed by atoms with Crippen molar-refractivity contribution in [2.24, 2.45) is 0 Å². The van der Waals surface area contributed by atoms with Crippen molar-refractivity contribution in [1.82, 2.24) is 20.1 Å². The first kappa shape index (κ1) is 20.4. The van der Waals surface area contributed by atoms with Gasteiger partial charge in [0.15, 0.2) is 0 Å². The number of carbonyl (C=O) groups excluding carboxylic acids is 1. The Morgan fingerprint density at radius 2 is 2.04 bits per heavy atom. The minimum Gasteiger partial charge on any atom is -0.473 e. The van der Waals surface area contributed by atoms with E-state index in [2.05, 4.69) is 15.4 Å². The number of pyridine rings is 1. The summed E-state index contributed by atoms with van der Waals surface area (Å²) in [6, 6.07) is 1.47. The van der Waals surface area contributed by atoms with Crippen LogP contribution in [-0.2, 0) is 13.1 Å². The van der Waals surface area contributed by atoms with Gasteiger partial charge in [-0.15, -0.1) is 0 Å². The average Bonchev–Trinajstić information content (AvgIpc) is 3.07. The number of halogens is 4. The van der Waals surface area contributed by atoms with Crippen LogP contribution in [0.5, 0.6) is 5.88 Å². The summed E-state index contributed by atoms with van der Waals surface area (Å²) in [5.41, 5.74) is 0.692. The quantitative estimate of drug-likeness (QED) is 0.768. The number of hydrogen-bond acceptors (Lipinski definition) is 4. The Hall–Kier alpha value is -2.29. The van der Waals surface area contributed by atoms with E-state index in [1.54, 1.807) is 0 Å². The number of nitrogens with zero attached hydrogens (tertiary/aromatic N) is 3. The molecule has 28 heavy (non-hydrogen) atoms. The molecule has 0 saturated heterocycles. The zero-order valence-electron chi connectivity index (χ0n) is 15.0. The van der Waals surface area contributed by atoms with Gasteiger partial charge >= 0.3 is 6.18 Å². The van der Waals surface area contributed by atoms with E-state index in [1.165, 1.54) is 31.1 Å². The standard InChI is InChI=1S/C18H20ClF3N4O2/c19-15-6-13(9-24-17(15)28-14-4-2-1-3-5-14)16(27)23-7-12-8-25-26(10-12)11-18(20,21)22/h6,8-10,14H,1-5,7,11H2,(H,23,27). The van der Waals surface area contributed by atoms with E-state index in [9.17, 15) is 18.0 Å². The highest BCUT2D eigenvalue weighted by Crippen LogP contribution is 2.27. The lowest BCUT2D eigenvalue weighted by Crippen LogP contribution is -2.23. The number of nitrogens with one attached hydrogen (secondary N) is 1. The smallest absolute Gasteiger partial charge is 0.408 e. The first-order valence-corrected chi connectivity index (χ1v) is 9.36. The third-order valence-corrected chi connectivity index (χ3v) is 4.65. The Morgan fingerprint density at radius 1 is 1.29 bits per heavy atom. The van der Waals surface area contributed by atoms with Crippen LogP contribution in [0.3, 0.4) is 0 Å². The van der Waals surface area contributed by atoms with Gasteiger partial charge in [0.25, 0.3) is 5.91 Å². The molecule has 2 aromatic heterocycles. The summed E-state index contributed by atoms with van der Waals surface area (Å²) in [5.74, 6) is -0.138. The number of aromatic nitrogens is 3. The molecule has 1 aliphatic carbocycles. The molecule has 1 fully saturated rings. The zero-order valence-corrected chi connectivity index (χ0v) is 15.8. The molecule has 0 bridgehead atoms. The molecule has 1 N–H and O–H groups in total. The van der Waals surface area contributed by atoms with Crippen molar-refractivity contribution in [2.45, 2.75) is 57.5 Å². The lowest BCUT2D eigenvalue weighted by Gasteiger charge is -2.22. The zero-order chi connectivity index (χ0) is 20.1. The second-order valence-electron chi connectivity index (χ2n) is 6.73. The van der Waals surface area contributed by atoms with Crippen LogP contribution in [0.15, 0.2) is 24.7 Å². The van der Waals surface area contributed by atoms with Crippen LogP contribution in [0.25, 0.3) is 0 Å². The third kappa shape index (κ3) is 5.85. The summed E-state index contributed by atoms with van der Waals surface area (Å²) >= 11 is 6.19. The van der Waals surface area contributed by atoms with E-state index < -0.39 is 18.6 Å². The Morgan fingerprint density at radius 3 is 2.71 bits per heavy atom. The fraction of sp³-hybridized carbons (Fsp3) is 0.500. The van der Waals surface area contributed by atoms with Gasteiger partial charge in [-0.1, -0.05) is 18.0 Å². The molecule has 10 heteroatoms. The SMILES string of the molecule is O=C(NCc1cnn(CC(F)(F)F)c1)c1cnc(OC2CCCCC2)c(Cl)c1. The lowest BCUT2D eigenvalue weighted by atomic mass is 9.98. The van der Waals surface area contributed by atoms with E-state index in [-0.39, 0.29) is 23.2 Å². The first-order chi connectivity index (χ1) is 13.3. The first-order valence-electron chi connectivity index (χ1n) is 8.98. The Balaban J connectivity index is 1.55. The summed E-state index contributed by atoms with van der Waals surface area (Å²) < 4.78 is 43.6. The van der Waals surface area contributed by atoms with Crippen LogP contribution >= 0.6 is 11.6 Å². The molecule has 0 aromatic carbocycles. The average molecular weight is 417 g/mol. The van der Waals surface area contributed by atoms with E-state index in [0.717, 1.165) is 30.4 Å². The molecular formula is C18H20ClF3N4O2. The molecule has 0 spiro atoms. The second-order valence-corrected chi connectivity index (χ2v) is 7.14. The van der Waals surface area contributed by atoms with E-state index in [4.69, 9.17) is 16.3 Å². The number of ether oxygens (including phenoxy) is 1. The Kier molecular flexibility index (Phi) is 6.43. The van der Waals surface area contributed by atoms with Gasteiger partial charge in [0.05, 0.1) is 11.8 Å². The van der Waals surface area contributed by atoms with Crippen LogP contribution in [0, 0.1) is 0 Å². The van der Waals surface area contributed by atoms with Gasteiger partial charge in [0.2, 0.25) is 5.88 Å². The molecule has 0 radical (unpaired) electrons. The predicted octanol–water partition coefficient (Wildman–Crippen LogP) is 4.14. The molecule has 1 amide bonds. The maximum atomic E-state index is 12.3. The maximum absolute atomic E-state index is 12.3. The van der Waals surface area contributed by atoms with Crippen molar-refractivity contribution in [2.75, 3.05) is 0 Å². The van der Waals surface area contributed by atoms with Crippen LogP contribution in [0.1, 0.15) is 48.0 Å². The number of alkyl halides is 3. The van der Waals surface area contributed by atoms with Gasteiger partial charge in [0, 0.05) is 24.5 Å². The Labute approximate surface area is 165 Å². The molecule has 2 aromatic rings. The number of amides is 1. The summed E-state index contributed by atoms with van der Waals surface area (Å²) in [6.45, 7) is -1.14. The van der Waals surface area contributed by atoms with Crippen molar-refractivity contribution in [3.05, 3.63) is 40.8 Å². The fourth-order valence-electron chi connectivity index (χ4n) is 3.03. The topological polar surface area (TPSA) is 69.0 Å². The summed E-state index contributed by atoms with van der Waals surface area (Å²) in [5, 5.41) is 6.48. The summed E-state index contributed by atoms with van der Waals surface area (Å²) in [7, 11) is 0. The van der Waals surface area contributed by atoms with E-state index in [0.29, 0.717) is 11.4 Å². The molecule has 0 aliphatic heterocycles. The highest BCUT2D eigenvalue weighted by atomic mass is 35.5. The van der Waals surface area contributed by atoms with Gasteiger partial charge in [-0.05, 0) is 31.7 Å². The number of rotatable bonds is 6. The van der Waals surface area contributed by atoms with E-state index in [1.807, 2.05) is 0 Å². The van der Waals surface area contributed by atoms with Gasteiger partial charge in [-0.3, -0.25) is 9.48 Å². The number of carbonyl (C=O) groups is 1. The van der Waals surface area contributed by atoms with E-state index >= 15 is 0 Å². The highest BCUT2D eigenvalue weighted by Gasteiger charge is 2.28. The Bertz CT molecular complexity index is 819. The van der Waals surface area contributed by atoms with Crippen LogP contribution in [0.2, 0.25) is 5.02 Å². The van der Waals surface area contributed by atoms with Crippen molar-refractivity contribution in [1.29, 1.82) is 0 Å². The molecule has 0 atom stereocenters. The van der Waals surface area contributed by atoms with Gasteiger partial charge in [0.1, 0.15) is 17.7 Å². The molecule has 1 aliphatic rings. The van der Waals surface area contributed by atoms with Gasteiger partial charge < -0.3 is 10.1 Å². The van der Waals surface area contributed by atoms with Gasteiger partial charge in [-0.25, -0.2) is 4.98 Å². The summed E-state index contributed by atoms with van der Waals surface area (Å²) in [6.07, 6.45) is 4.97. The third-order valence-electron chi connectivity index (χ3n) is 4.38. The molecule has 2 heterocycles. The van der Waals surface area contributed by atoms with Crippen molar-refractivity contribution >= 4 is 17.5 Å². The fourth-order valence-corrected chi connectivity index (χ4v) is 3.24. The molecule has 1 saturated carbocycles. The molecule has 6 nitrogen and oxygen atoms in total. The lowest BCUT2D eigenvalue weighted by molar-refractivity contribution is -0.142. The molecule has 0 unspecified atom stereocenters. The van der Waals surface area contributed by atoms with Gasteiger partial charge in [-0.2, -0.15) is 18.3 Å². The minimum absolute atomic E-state index is 0.0363. The molecule has 3 rings (SSSR count). The van der Waals surface area contributed by atoms with Crippen LogP contribution in [-0.4, -0.2) is 33.0 Å². The van der Waals surface area contributed by atoms with Crippen molar-refractivity contribution in [3.63, 3.8) is 0 Å². The minimum atomic E-state index is -4.35. The highest BCUT2D eigenvalue weighted by molar-refractivity contribution is 6.32. The summed E-state index contributed by atoms with van der Waals surface area (Å²) in [4.78, 5) is 16.4. The van der Waals surface area contributed by atoms with Crippen molar-refractivity contribution in [3.8, 4) is 5.88 Å². The second kappa shape index (κ2) is 8.81. The molecule has 152 valence electrons. The monoisotopic (exact) mass is 416 g/mol. The van der Waals surface area contributed by atoms with Crippen LogP contribution < -0.4 is 10.1 Å². The number of hydrogen-bond donors (Lipinski definition) is 1. The van der Waals surface area contributed by atoms with Crippen LogP contribution in [0.4, 0.5) is 13.2 Å². The largest absolute Gasteiger partial charge is 0.473 e. The van der Waals surface area contributed by atoms with Crippen molar-refractivity contribution < 1.29 is 22.7 Å². The maximum Gasteiger partial charge on any atom is 0.408 e. The molecular weight excluding hydrogens is 397 g/mol. The predicted molar refractivity (Wildman–Crippen MR) is 96.2 cm³/mol.